The third-order valence-corrected chi connectivity index (χ3v) is 0. The molecule has 0 amide bonds. The van der Waals surface area contributed by atoms with Crippen LogP contribution < -0.4 is 0 Å². The van der Waals surface area contributed by atoms with Crippen molar-refractivity contribution in [1.29, 1.82) is 0 Å². The first kappa shape index (κ1) is 35.0. The van der Waals surface area contributed by atoms with Gasteiger partial charge in [-0.2, -0.15) is 20.8 Å². The Morgan fingerprint density at radius 3 is 0.625 bits per heavy atom. The Labute approximate surface area is 79.8 Å². The molecule has 0 nitrogen and oxygen atoms in total. The topological polar surface area (TPSA) is 0 Å². The average Bonchev–Trinajstić information content (AvgIpc) is 1.81. The summed E-state index contributed by atoms with van der Waals surface area (Å²) in [7, 11) is 0. The van der Waals surface area contributed by atoms with Crippen LogP contribution in [0.5, 0.6) is 0 Å². The quantitative estimate of drug-likeness (QED) is 0.375. The zero-order valence-corrected chi connectivity index (χ0v) is 9.80. The Bertz CT molecular complexity index is 8.49. The zero-order chi connectivity index (χ0) is 6.00. The molecule has 0 saturated heterocycles. The summed E-state index contributed by atoms with van der Waals surface area (Å²) in [6.45, 7) is 15.0. The molecule has 0 aromatic rings. The van der Waals surface area contributed by atoms with Crippen LogP contribution in [0.4, 0.5) is 0 Å². The molecule has 0 aromatic carbocycles. The van der Waals surface area contributed by atoms with Gasteiger partial charge >= 0.3 is 0 Å². The number of hydrogen-bond donors (Lipinski definition) is 0. The summed E-state index contributed by atoms with van der Waals surface area (Å²) in [6, 6.07) is 0. The number of rotatable bonds is 0. The third-order valence-electron chi connectivity index (χ3n) is 0. The van der Waals surface area contributed by atoms with Crippen molar-refractivity contribution in [3.05, 3.63) is 20.8 Å². The second-order valence-corrected chi connectivity index (χ2v) is 0. The SMILES string of the molecule is [CH2-]C.[CH2-]C.[CH2-]C.[Li].[Zn]. The van der Waals surface area contributed by atoms with Crippen molar-refractivity contribution in [1.82, 2.24) is 0 Å². The summed E-state index contributed by atoms with van der Waals surface area (Å²) in [5.41, 5.74) is 0. The minimum Gasteiger partial charge on any atom is -0.346 e. The first-order valence-corrected chi connectivity index (χ1v) is 2.12. The first-order valence-electron chi connectivity index (χ1n) is 2.12. The molecular formula is C6H15LiZn-3. The molecule has 0 aliphatic heterocycles. The molecule has 0 aliphatic carbocycles. The largest absolute Gasteiger partial charge is 0.346 e. The molecule has 0 aliphatic rings. The molecule has 0 N–H and O–H groups in total. The Kier molecular flexibility index (Phi) is 1260. The van der Waals surface area contributed by atoms with Crippen LogP contribution in [0.1, 0.15) is 20.8 Å². The molecule has 0 rings (SSSR count). The maximum absolute atomic E-state index is 3.25. The third kappa shape index (κ3) is 187. The Morgan fingerprint density at radius 1 is 0.625 bits per heavy atom. The van der Waals surface area contributed by atoms with Gasteiger partial charge in [-0.1, -0.05) is 0 Å². The van der Waals surface area contributed by atoms with Crippen molar-refractivity contribution < 1.29 is 19.5 Å². The summed E-state index contributed by atoms with van der Waals surface area (Å²) in [6.07, 6.45) is 0. The second-order valence-electron chi connectivity index (χ2n) is 0. The van der Waals surface area contributed by atoms with Crippen molar-refractivity contribution in [3.63, 3.8) is 0 Å². The van der Waals surface area contributed by atoms with Crippen molar-refractivity contribution in [3.8, 4) is 0 Å². The molecule has 0 unspecified atom stereocenters. The van der Waals surface area contributed by atoms with Crippen LogP contribution in [0.15, 0.2) is 0 Å². The first-order chi connectivity index (χ1) is 3.00. The van der Waals surface area contributed by atoms with Gasteiger partial charge in [-0.25, -0.2) is 0 Å². The van der Waals surface area contributed by atoms with E-state index in [0.29, 0.717) is 0 Å². The van der Waals surface area contributed by atoms with E-state index in [1.165, 1.54) is 0 Å². The van der Waals surface area contributed by atoms with Gasteiger partial charge in [0, 0.05) is 38.3 Å². The second kappa shape index (κ2) is 288. The maximum Gasteiger partial charge on any atom is 0 e. The van der Waals surface area contributed by atoms with E-state index in [0.717, 1.165) is 0 Å². The summed E-state index contributed by atoms with van der Waals surface area (Å²) >= 11 is 0. The van der Waals surface area contributed by atoms with Crippen molar-refractivity contribution in [2.75, 3.05) is 0 Å². The summed E-state index contributed by atoms with van der Waals surface area (Å²) in [5.74, 6) is 0. The van der Waals surface area contributed by atoms with Gasteiger partial charge in [0.05, 0.1) is 0 Å². The van der Waals surface area contributed by atoms with Crippen LogP contribution in [0.3, 0.4) is 0 Å². The van der Waals surface area contributed by atoms with Crippen LogP contribution in [-0.4, -0.2) is 18.9 Å². The zero-order valence-electron chi connectivity index (χ0n) is 6.83. The van der Waals surface area contributed by atoms with Gasteiger partial charge in [0.25, 0.3) is 0 Å². The van der Waals surface area contributed by atoms with Crippen molar-refractivity contribution in [2.24, 2.45) is 0 Å². The maximum atomic E-state index is 3.25. The summed E-state index contributed by atoms with van der Waals surface area (Å²) in [5, 5.41) is 0. The molecule has 45 valence electrons. The van der Waals surface area contributed by atoms with Crippen LogP contribution in [-0.2, 0) is 19.5 Å². The predicted octanol–water partition coefficient (Wildman–Crippen LogP) is 2.14. The van der Waals surface area contributed by atoms with Crippen molar-refractivity contribution >= 4 is 18.9 Å². The monoisotopic (exact) mass is 158 g/mol. The van der Waals surface area contributed by atoms with Gasteiger partial charge in [0.2, 0.25) is 0 Å². The van der Waals surface area contributed by atoms with Gasteiger partial charge in [0.1, 0.15) is 0 Å². The van der Waals surface area contributed by atoms with Crippen LogP contribution in [0.25, 0.3) is 0 Å². The Hall–Kier alpha value is 1.22. The molecule has 0 fully saturated rings. The van der Waals surface area contributed by atoms with E-state index in [1.807, 2.05) is 0 Å². The average molecular weight is 160 g/mol. The van der Waals surface area contributed by atoms with E-state index >= 15 is 0 Å². The van der Waals surface area contributed by atoms with E-state index < -0.39 is 0 Å². The van der Waals surface area contributed by atoms with Gasteiger partial charge in [0.15, 0.2) is 0 Å². The fourth-order valence-electron chi connectivity index (χ4n) is 0. The number of hydrogen-bond acceptors (Lipinski definition) is 0. The molecule has 0 aromatic heterocycles. The van der Waals surface area contributed by atoms with Crippen molar-refractivity contribution in [2.45, 2.75) is 20.8 Å². The van der Waals surface area contributed by atoms with E-state index in [1.54, 1.807) is 20.8 Å². The molecule has 1 radical (unpaired) electrons. The fraction of sp³-hybridized carbons (Fsp3) is 0.500. The van der Waals surface area contributed by atoms with Crippen LogP contribution in [0, 0.1) is 20.8 Å². The van der Waals surface area contributed by atoms with E-state index in [9.17, 15) is 0 Å². The van der Waals surface area contributed by atoms with E-state index in [4.69, 9.17) is 0 Å². The summed E-state index contributed by atoms with van der Waals surface area (Å²) < 4.78 is 0. The van der Waals surface area contributed by atoms with Gasteiger partial charge in [-0.15, -0.1) is 0 Å². The minimum absolute atomic E-state index is 0. The predicted molar refractivity (Wildman–Crippen MR) is 38.8 cm³/mol. The molecule has 8 heavy (non-hydrogen) atoms. The molecular weight excluding hydrogens is 144 g/mol. The fourth-order valence-corrected chi connectivity index (χ4v) is 0. The smallest absolute Gasteiger partial charge is 0 e. The van der Waals surface area contributed by atoms with Gasteiger partial charge < -0.3 is 20.8 Å². The molecule has 2 heteroatoms. The summed E-state index contributed by atoms with van der Waals surface area (Å²) in [4.78, 5) is 0. The van der Waals surface area contributed by atoms with E-state index in [2.05, 4.69) is 20.8 Å². The standard InChI is InChI=1S/3C2H5.Li.Zn/c3*1-2;;/h3*1H2,2H3;;/q3*-1;;. The Balaban J connectivity index is -0.00000000500. The van der Waals surface area contributed by atoms with Crippen LogP contribution >= 0.6 is 0 Å². The molecule has 0 spiro atoms. The molecule has 0 saturated carbocycles. The minimum atomic E-state index is 0. The van der Waals surface area contributed by atoms with Gasteiger partial charge in [-0.3, -0.25) is 0 Å². The van der Waals surface area contributed by atoms with Crippen LogP contribution in [0.2, 0.25) is 0 Å². The van der Waals surface area contributed by atoms with Gasteiger partial charge in [-0.05, 0) is 0 Å². The normalized spacial score (nSPS) is 2.25. The molecule has 0 heterocycles. The Morgan fingerprint density at radius 2 is 0.625 bits per heavy atom. The molecule has 0 atom stereocenters. The van der Waals surface area contributed by atoms with E-state index in [-0.39, 0.29) is 38.3 Å². The molecule has 0 bridgehead atoms.